The lowest BCUT2D eigenvalue weighted by molar-refractivity contribution is -0.251. The summed E-state index contributed by atoms with van der Waals surface area (Å²) in [7, 11) is 0. The number of hydrogen-bond acceptors (Lipinski definition) is 6. The fraction of sp³-hybridized carbons (Fsp3) is 0.409. The van der Waals surface area contributed by atoms with Crippen LogP contribution in [0.4, 0.5) is 5.69 Å². The van der Waals surface area contributed by atoms with Gasteiger partial charge < -0.3 is 29.0 Å². The van der Waals surface area contributed by atoms with E-state index in [0.29, 0.717) is 13.2 Å². The zero-order valence-corrected chi connectivity index (χ0v) is 17.3. The molecule has 6 nitrogen and oxygen atoms in total. The molecule has 2 fully saturated rings. The van der Waals surface area contributed by atoms with Crippen molar-refractivity contribution in [2.24, 2.45) is 0 Å². The van der Waals surface area contributed by atoms with E-state index < -0.39 is 18.2 Å². The van der Waals surface area contributed by atoms with Crippen LogP contribution in [-0.2, 0) is 30.3 Å². The maximum absolute atomic E-state index is 6.10. The molecule has 7 heteroatoms. The van der Waals surface area contributed by atoms with Gasteiger partial charge in [-0.2, -0.15) is 0 Å². The van der Waals surface area contributed by atoms with E-state index >= 15 is 0 Å². The Morgan fingerprint density at radius 3 is 2.48 bits per heavy atom. The number of nitrogens with one attached hydrogen (secondary N) is 1. The molecule has 0 aromatic heterocycles. The highest BCUT2D eigenvalue weighted by Crippen LogP contribution is 2.36. The standard InChI is InChI=1S/C22H25NO5S/c1-22(2)27-17-14-25-20(24-13-15-9-5-3-6-10-15)19(18(17)28-22)26-21(29)23-16-11-7-4-8-12-16/h3-12,17-20H,13-14H2,1-2H3,(H,23,29)/t17-,18-,19+,20-/m0/s1. The Balaban J connectivity index is 1.46. The summed E-state index contributed by atoms with van der Waals surface area (Å²) in [5, 5.41) is 3.31. The molecule has 2 aliphatic rings. The molecule has 4 rings (SSSR count). The number of rotatable bonds is 5. The van der Waals surface area contributed by atoms with Crippen LogP contribution >= 0.6 is 12.2 Å². The molecule has 154 valence electrons. The first-order chi connectivity index (χ1) is 14.0. The van der Waals surface area contributed by atoms with Crippen molar-refractivity contribution in [3.05, 3.63) is 66.2 Å². The second-order valence-corrected chi connectivity index (χ2v) is 7.87. The van der Waals surface area contributed by atoms with Gasteiger partial charge in [0, 0.05) is 5.69 Å². The number of benzene rings is 2. The summed E-state index contributed by atoms with van der Waals surface area (Å²) < 4.78 is 30.1. The first-order valence-electron chi connectivity index (χ1n) is 9.66. The van der Waals surface area contributed by atoms with Gasteiger partial charge in [0.25, 0.3) is 5.17 Å². The Hall–Kier alpha value is -2.03. The smallest absolute Gasteiger partial charge is 0.261 e. The molecule has 2 heterocycles. The number of anilines is 1. The van der Waals surface area contributed by atoms with Crippen LogP contribution in [0.5, 0.6) is 0 Å². The second-order valence-electron chi connectivity index (χ2n) is 7.50. The molecule has 0 spiro atoms. The lowest BCUT2D eigenvalue weighted by Crippen LogP contribution is -2.54. The second kappa shape index (κ2) is 8.77. The summed E-state index contributed by atoms with van der Waals surface area (Å²) in [6.07, 6.45) is -1.80. The first kappa shape index (κ1) is 20.3. The Labute approximate surface area is 176 Å². The van der Waals surface area contributed by atoms with Gasteiger partial charge in [-0.1, -0.05) is 48.5 Å². The van der Waals surface area contributed by atoms with Crippen molar-refractivity contribution < 1.29 is 23.7 Å². The highest BCUT2D eigenvalue weighted by atomic mass is 32.1. The molecular weight excluding hydrogens is 390 g/mol. The fourth-order valence-electron chi connectivity index (χ4n) is 3.52. The van der Waals surface area contributed by atoms with Crippen LogP contribution in [0.25, 0.3) is 0 Å². The lowest BCUT2D eigenvalue weighted by Gasteiger charge is -2.37. The molecule has 1 N–H and O–H groups in total. The number of hydrogen-bond donors (Lipinski definition) is 1. The summed E-state index contributed by atoms with van der Waals surface area (Å²) in [6, 6.07) is 19.5. The summed E-state index contributed by atoms with van der Waals surface area (Å²) in [5.41, 5.74) is 1.89. The Bertz CT molecular complexity index is 816. The van der Waals surface area contributed by atoms with E-state index in [9.17, 15) is 0 Å². The molecule has 2 aliphatic heterocycles. The molecule has 4 atom stereocenters. The van der Waals surface area contributed by atoms with Crippen LogP contribution in [0.3, 0.4) is 0 Å². The van der Waals surface area contributed by atoms with E-state index in [1.807, 2.05) is 74.5 Å². The average Bonchev–Trinajstić information content (AvgIpc) is 3.03. The van der Waals surface area contributed by atoms with Crippen molar-refractivity contribution in [2.75, 3.05) is 11.9 Å². The van der Waals surface area contributed by atoms with Crippen molar-refractivity contribution in [3.8, 4) is 0 Å². The molecule has 2 aromatic carbocycles. The average molecular weight is 416 g/mol. The summed E-state index contributed by atoms with van der Waals surface area (Å²) >= 11 is 5.42. The van der Waals surface area contributed by atoms with Crippen LogP contribution in [0.15, 0.2) is 60.7 Å². The highest BCUT2D eigenvalue weighted by Gasteiger charge is 2.53. The van der Waals surface area contributed by atoms with Gasteiger partial charge in [-0.05, 0) is 43.8 Å². The molecule has 0 aliphatic carbocycles. The topological polar surface area (TPSA) is 58.2 Å². The number of thiocarbonyl (C=S) groups is 1. The first-order valence-corrected chi connectivity index (χ1v) is 10.1. The maximum atomic E-state index is 6.10. The Kier molecular flexibility index (Phi) is 6.12. The molecule has 0 bridgehead atoms. The molecule has 2 saturated heterocycles. The van der Waals surface area contributed by atoms with Crippen LogP contribution in [-0.4, -0.2) is 42.2 Å². The predicted octanol–water partition coefficient (Wildman–Crippen LogP) is 3.86. The number of para-hydroxylation sites is 1. The van der Waals surface area contributed by atoms with Gasteiger partial charge >= 0.3 is 0 Å². The monoisotopic (exact) mass is 415 g/mol. The molecule has 0 saturated carbocycles. The van der Waals surface area contributed by atoms with Crippen molar-refractivity contribution in [1.29, 1.82) is 0 Å². The fourth-order valence-corrected chi connectivity index (χ4v) is 3.75. The SMILES string of the molecule is CC1(C)O[C@@H]2[C@@H](OC(=S)Nc3ccccc3)[C@@H](OCc3ccccc3)OC[C@@H]2O1. The van der Waals surface area contributed by atoms with Gasteiger partial charge in [-0.15, -0.1) is 0 Å². The lowest BCUT2D eigenvalue weighted by atomic mass is 10.1. The zero-order valence-electron chi connectivity index (χ0n) is 16.4. The summed E-state index contributed by atoms with van der Waals surface area (Å²) in [6.45, 7) is 4.52. The minimum absolute atomic E-state index is 0.229. The van der Waals surface area contributed by atoms with Gasteiger partial charge in [0.1, 0.15) is 12.2 Å². The van der Waals surface area contributed by atoms with E-state index in [1.54, 1.807) is 0 Å². The number of fused-ring (bicyclic) bond motifs is 1. The quantitative estimate of drug-likeness (QED) is 0.744. The third kappa shape index (κ3) is 5.12. The van der Waals surface area contributed by atoms with Gasteiger partial charge in [0.2, 0.25) is 0 Å². The van der Waals surface area contributed by atoms with E-state index in [4.69, 9.17) is 35.9 Å². The Morgan fingerprint density at radius 2 is 1.76 bits per heavy atom. The molecule has 0 unspecified atom stereocenters. The largest absolute Gasteiger partial charge is 0.459 e. The van der Waals surface area contributed by atoms with Crippen LogP contribution < -0.4 is 5.32 Å². The van der Waals surface area contributed by atoms with Gasteiger partial charge in [0.05, 0.1) is 13.2 Å². The van der Waals surface area contributed by atoms with E-state index in [2.05, 4.69) is 5.32 Å². The van der Waals surface area contributed by atoms with Crippen molar-refractivity contribution in [2.45, 2.75) is 50.8 Å². The van der Waals surface area contributed by atoms with Crippen LogP contribution in [0, 0.1) is 0 Å². The van der Waals surface area contributed by atoms with E-state index in [0.717, 1.165) is 11.3 Å². The van der Waals surface area contributed by atoms with E-state index in [1.165, 1.54) is 0 Å². The predicted molar refractivity (Wildman–Crippen MR) is 112 cm³/mol. The van der Waals surface area contributed by atoms with Crippen LogP contribution in [0.2, 0.25) is 0 Å². The highest BCUT2D eigenvalue weighted by molar-refractivity contribution is 7.80. The van der Waals surface area contributed by atoms with Gasteiger partial charge in [-0.25, -0.2) is 0 Å². The summed E-state index contributed by atoms with van der Waals surface area (Å²) in [5.74, 6) is -0.719. The minimum atomic E-state index is -0.719. The zero-order chi connectivity index (χ0) is 20.3. The van der Waals surface area contributed by atoms with Crippen molar-refractivity contribution >= 4 is 23.1 Å². The van der Waals surface area contributed by atoms with Crippen molar-refractivity contribution in [3.63, 3.8) is 0 Å². The van der Waals surface area contributed by atoms with Gasteiger partial charge in [-0.3, -0.25) is 0 Å². The maximum Gasteiger partial charge on any atom is 0.261 e. The molecule has 29 heavy (non-hydrogen) atoms. The van der Waals surface area contributed by atoms with Crippen molar-refractivity contribution in [1.82, 2.24) is 0 Å². The summed E-state index contributed by atoms with van der Waals surface area (Å²) in [4.78, 5) is 0. The molecular formula is C22H25NO5S. The van der Waals surface area contributed by atoms with E-state index in [-0.39, 0.29) is 17.4 Å². The molecule has 0 radical (unpaired) electrons. The third-order valence-electron chi connectivity index (χ3n) is 4.76. The van der Waals surface area contributed by atoms with Crippen LogP contribution in [0.1, 0.15) is 19.4 Å². The molecule has 2 aromatic rings. The Morgan fingerprint density at radius 1 is 1.07 bits per heavy atom. The normalized spacial score (nSPS) is 27.8. The molecule has 0 amide bonds. The number of ether oxygens (including phenoxy) is 5. The van der Waals surface area contributed by atoms with Gasteiger partial charge in [0.15, 0.2) is 18.2 Å². The minimum Gasteiger partial charge on any atom is -0.459 e. The third-order valence-corrected chi connectivity index (χ3v) is 4.96.